The van der Waals surface area contributed by atoms with E-state index in [1.807, 2.05) is 12.1 Å². The molecule has 1 fully saturated rings. The van der Waals surface area contributed by atoms with Gasteiger partial charge in [-0.05, 0) is 72.6 Å². The average Bonchev–Trinajstić information content (AvgIpc) is 2.62. The summed E-state index contributed by atoms with van der Waals surface area (Å²) in [6, 6.07) is 6.05. The van der Waals surface area contributed by atoms with E-state index in [9.17, 15) is 9.90 Å². The Kier molecular flexibility index (Phi) is 6.19. The van der Waals surface area contributed by atoms with E-state index in [0.717, 1.165) is 11.8 Å². The highest BCUT2D eigenvalue weighted by molar-refractivity contribution is 5.88. The molecular formula is C23H34O2. The van der Waals surface area contributed by atoms with E-state index in [1.165, 1.54) is 75.3 Å². The number of carboxylic acids is 1. The molecule has 2 nitrogen and oxygen atoms in total. The van der Waals surface area contributed by atoms with Crippen molar-refractivity contribution in [2.45, 2.75) is 89.9 Å². The molecule has 2 heteroatoms. The van der Waals surface area contributed by atoms with Crippen LogP contribution in [0.25, 0.3) is 0 Å². The third kappa shape index (κ3) is 3.93. The maximum atomic E-state index is 11.5. The summed E-state index contributed by atoms with van der Waals surface area (Å²) in [5.41, 5.74) is 3.33. The molecular weight excluding hydrogens is 308 g/mol. The maximum Gasteiger partial charge on any atom is 0.335 e. The summed E-state index contributed by atoms with van der Waals surface area (Å²) >= 11 is 0. The second-order valence-electron chi connectivity index (χ2n) is 8.34. The van der Waals surface area contributed by atoms with Crippen molar-refractivity contribution in [2.75, 3.05) is 0 Å². The monoisotopic (exact) mass is 342 g/mol. The number of aromatic carboxylic acids is 1. The standard InChI is InChI=1S/C23H34O2/c1-3-8-17-14-18(9-4-2)22(16-10-6-5-7-11-16)20-13-12-19(23(24)25)15-21(17)20/h12-13,15-18,22H,3-11,14H2,1-2H3,(H,24,25)/t17?,18-,22+/m1/s1. The van der Waals surface area contributed by atoms with Crippen molar-refractivity contribution in [2.24, 2.45) is 11.8 Å². The number of hydrogen-bond donors (Lipinski definition) is 1. The van der Waals surface area contributed by atoms with Crippen LogP contribution in [0.4, 0.5) is 0 Å². The Labute approximate surface area is 153 Å². The van der Waals surface area contributed by atoms with Crippen LogP contribution in [0.2, 0.25) is 0 Å². The molecule has 0 saturated heterocycles. The molecule has 1 unspecified atom stereocenters. The van der Waals surface area contributed by atoms with Crippen LogP contribution in [-0.4, -0.2) is 11.1 Å². The summed E-state index contributed by atoms with van der Waals surface area (Å²) in [7, 11) is 0. The smallest absolute Gasteiger partial charge is 0.335 e. The van der Waals surface area contributed by atoms with Crippen molar-refractivity contribution in [3.8, 4) is 0 Å². The molecule has 0 bridgehead atoms. The minimum Gasteiger partial charge on any atom is -0.478 e. The molecule has 25 heavy (non-hydrogen) atoms. The van der Waals surface area contributed by atoms with Gasteiger partial charge in [0.25, 0.3) is 0 Å². The predicted octanol–water partition coefficient (Wildman–Crippen LogP) is 6.75. The summed E-state index contributed by atoms with van der Waals surface area (Å²) < 4.78 is 0. The number of benzene rings is 1. The van der Waals surface area contributed by atoms with Gasteiger partial charge in [0.2, 0.25) is 0 Å². The Balaban J connectivity index is 2.02. The number of carboxylic acid groups (broad SMARTS) is 1. The first-order valence-electron chi connectivity index (χ1n) is 10.5. The molecule has 0 radical (unpaired) electrons. The molecule has 2 aliphatic rings. The van der Waals surface area contributed by atoms with E-state index >= 15 is 0 Å². The maximum absolute atomic E-state index is 11.5. The van der Waals surface area contributed by atoms with Gasteiger partial charge >= 0.3 is 5.97 Å². The molecule has 138 valence electrons. The number of rotatable bonds is 6. The fourth-order valence-electron chi connectivity index (χ4n) is 5.68. The van der Waals surface area contributed by atoms with Crippen LogP contribution in [0.3, 0.4) is 0 Å². The Bertz CT molecular complexity index is 586. The highest BCUT2D eigenvalue weighted by Gasteiger charge is 2.38. The molecule has 0 spiro atoms. The molecule has 0 aliphatic heterocycles. The topological polar surface area (TPSA) is 37.3 Å². The van der Waals surface area contributed by atoms with Gasteiger partial charge in [-0.15, -0.1) is 0 Å². The second-order valence-corrected chi connectivity index (χ2v) is 8.34. The lowest BCUT2D eigenvalue weighted by molar-refractivity contribution is 0.0696. The van der Waals surface area contributed by atoms with Crippen molar-refractivity contribution in [1.29, 1.82) is 0 Å². The molecule has 0 heterocycles. The fourth-order valence-corrected chi connectivity index (χ4v) is 5.68. The first-order valence-corrected chi connectivity index (χ1v) is 10.5. The van der Waals surface area contributed by atoms with E-state index in [0.29, 0.717) is 17.4 Å². The lowest BCUT2D eigenvalue weighted by Gasteiger charge is -2.43. The van der Waals surface area contributed by atoms with Crippen molar-refractivity contribution in [3.63, 3.8) is 0 Å². The quantitative estimate of drug-likeness (QED) is 0.620. The molecule has 1 saturated carbocycles. The van der Waals surface area contributed by atoms with Gasteiger partial charge in [-0.25, -0.2) is 4.79 Å². The minimum absolute atomic E-state index is 0.469. The van der Waals surface area contributed by atoms with Crippen LogP contribution in [0, 0.1) is 11.8 Å². The molecule has 1 N–H and O–H groups in total. The van der Waals surface area contributed by atoms with Gasteiger partial charge in [-0.3, -0.25) is 0 Å². The van der Waals surface area contributed by atoms with Gasteiger partial charge in [0.15, 0.2) is 0 Å². The van der Waals surface area contributed by atoms with Gasteiger partial charge in [-0.1, -0.05) is 58.4 Å². The number of hydrogen-bond acceptors (Lipinski definition) is 1. The van der Waals surface area contributed by atoms with Gasteiger partial charge in [0.1, 0.15) is 0 Å². The molecule has 3 atom stereocenters. The third-order valence-electron chi connectivity index (χ3n) is 6.68. The van der Waals surface area contributed by atoms with Gasteiger partial charge in [0, 0.05) is 0 Å². The summed E-state index contributed by atoms with van der Waals surface area (Å²) in [4.78, 5) is 11.5. The zero-order valence-electron chi connectivity index (χ0n) is 16.0. The molecule has 2 aliphatic carbocycles. The van der Waals surface area contributed by atoms with Crippen LogP contribution in [0.1, 0.15) is 111 Å². The lowest BCUT2D eigenvalue weighted by Crippen LogP contribution is -2.30. The van der Waals surface area contributed by atoms with Crippen LogP contribution in [-0.2, 0) is 0 Å². The fraction of sp³-hybridized carbons (Fsp3) is 0.696. The van der Waals surface area contributed by atoms with Crippen LogP contribution < -0.4 is 0 Å². The van der Waals surface area contributed by atoms with Crippen LogP contribution in [0.15, 0.2) is 18.2 Å². The Hall–Kier alpha value is -1.31. The number of carbonyl (C=O) groups is 1. The highest BCUT2D eigenvalue weighted by Crippen LogP contribution is 2.52. The normalized spacial score (nSPS) is 27.0. The van der Waals surface area contributed by atoms with E-state index in [2.05, 4.69) is 19.9 Å². The average molecular weight is 343 g/mol. The van der Waals surface area contributed by atoms with Crippen molar-refractivity contribution in [3.05, 3.63) is 34.9 Å². The summed E-state index contributed by atoms with van der Waals surface area (Å²) in [5.74, 6) is 2.01. The summed E-state index contributed by atoms with van der Waals surface area (Å²) in [6.45, 7) is 4.57. The van der Waals surface area contributed by atoms with Gasteiger partial charge in [-0.2, -0.15) is 0 Å². The summed E-state index contributed by atoms with van der Waals surface area (Å²) in [5, 5.41) is 9.45. The Morgan fingerprint density at radius 2 is 1.76 bits per heavy atom. The largest absolute Gasteiger partial charge is 0.478 e. The van der Waals surface area contributed by atoms with Crippen molar-refractivity contribution >= 4 is 5.97 Å². The molecule has 1 aromatic rings. The minimum atomic E-state index is -0.789. The SMILES string of the molecule is CCCC1C[C@@H](CCC)[C@H](C2CCCCC2)c2ccc(C(=O)O)cc21. The second kappa shape index (κ2) is 8.38. The zero-order chi connectivity index (χ0) is 17.8. The van der Waals surface area contributed by atoms with E-state index < -0.39 is 5.97 Å². The third-order valence-corrected chi connectivity index (χ3v) is 6.68. The predicted molar refractivity (Wildman–Crippen MR) is 103 cm³/mol. The molecule has 0 aromatic heterocycles. The van der Waals surface area contributed by atoms with Crippen molar-refractivity contribution < 1.29 is 9.90 Å². The molecule has 0 amide bonds. The highest BCUT2D eigenvalue weighted by atomic mass is 16.4. The Morgan fingerprint density at radius 3 is 2.40 bits per heavy atom. The number of fused-ring (bicyclic) bond motifs is 1. The Morgan fingerprint density at radius 1 is 1.04 bits per heavy atom. The van der Waals surface area contributed by atoms with Gasteiger partial charge < -0.3 is 5.11 Å². The zero-order valence-corrected chi connectivity index (χ0v) is 16.0. The van der Waals surface area contributed by atoms with Crippen molar-refractivity contribution in [1.82, 2.24) is 0 Å². The lowest BCUT2D eigenvalue weighted by atomic mass is 9.61. The summed E-state index contributed by atoms with van der Waals surface area (Å²) in [6.07, 6.45) is 13.1. The first-order chi connectivity index (χ1) is 12.2. The van der Waals surface area contributed by atoms with Crippen LogP contribution in [0.5, 0.6) is 0 Å². The van der Waals surface area contributed by atoms with E-state index in [-0.39, 0.29) is 0 Å². The van der Waals surface area contributed by atoms with Gasteiger partial charge in [0.05, 0.1) is 5.56 Å². The van der Waals surface area contributed by atoms with E-state index in [4.69, 9.17) is 0 Å². The van der Waals surface area contributed by atoms with Crippen LogP contribution >= 0.6 is 0 Å². The van der Waals surface area contributed by atoms with E-state index in [1.54, 1.807) is 0 Å². The molecule has 3 rings (SSSR count). The first kappa shape index (κ1) is 18.5. The molecule has 1 aromatic carbocycles.